The average molecular weight is 313 g/mol. The number of hydrogen-bond acceptors (Lipinski definition) is 2. The van der Waals surface area contributed by atoms with Gasteiger partial charge in [0, 0.05) is 18.2 Å². The topological polar surface area (TPSA) is 43.3 Å². The van der Waals surface area contributed by atoms with Crippen LogP contribution in [0, 0.1) is 0 Å². The summed E-state index contributed by atoms with van der Waals surface area (Å²) in [6, 6.07) is 25.1. The zero-order chi connectivity index (χ0) is 16.4. The molecule has 0 bridgehead atoms. The van der Waals surface area contributed by atoms with Crippen LogP contribution in [0.5, 0.6) is 0 Å². The average Bonchev–Trinajstić information content (AvgIpc) is 3.02. The van der Waals surface area contributed by atoms with Gasteiger partial charge in [0.1, 0.15) is 5.65 Å². The van der Waals surface area contributed by atoms with Crippen LogP contribution in [0.15, 0.2) is 79.0 Å². The summed E-state index contributed by atoms with van der Waals surface area (Å²) in [5.41, 5.74) is 12.5. The first-order chi connectivity index (χ1) is 11.9. The van der Waals surface area contributed by atoms with E-state index in [4.69, 9.17) is 10.7 Å². The lowest BCUT2D eigenvalue weighted by Crippen LogP contribution is -2.06. The third-order valence-corrected chi connectivity index (χ3v) is 4.28. The number of benzene rings is 2. The molecule has 2 aromatic heterocycles. The van der Waals surface area contributed by atoms with Crippen molar-refractivity contribution in [3.63, 3.8) is 0 Å². The monoisotopic (exact) mass is 313 g/mol. The second-order valence-corrected chi connectivity index (χ2v) is 5.82. The lowest BCUT2D eigenvalue weighted by atomic mass is 10.0. The van der Waals surface area contributed by atoms with E-state index in [0.717, 1.165) is 23.3 Å². The highest BCUT2D eigenvalue weighted by molar-refractivity contribution is 5.71. The van der Waals surface area contributed by atoms with Crippen molar-refractivity contribution >= 4 is 5.65 Å². The minimum absolute atomic E-state index is 0.609. The molecule has 4 rings (SSSR count). The molecule has 0 aliphatic rings. The Labute approximate surface area is 141 Å². The maximum absolute atomic E-state index is 5.82. The van der Waals surface area contributed by atoms with Gasteiger partial charge in [-0.15, -0.1) is 0 Å². The molecule has 0 radical (unpaired) electrons. The Kier molecular flexibility index (Phi) is 3.85. The van der Waals surface area contributed by atoms with Gasteiger partial charge in [-0.3, -0.25) is 0 Å². The Hall–Kier alpha value is -2.91. The van der Waals surface area contributed by atoms with Crippen LogP contribution in [-0.4, -0.2) is 15.9 Å². The van der Waals surface area contributed by atoms with E-state index in [-0.39, 0.29) is 0 Å². The number of rotatable bonds is 4. The van der Waals surface area contributed by atoms with Crippen molar-refractivity contribution in [3.8, 4) is 22.4 Å². The summed E-state index contributed by atoms with van der Waals surface area (Å²) in [6.45, 7) is 0.609. The van der Waals surface area contributed by atoms with Crippen LogP contribution < -0.4 is 5.73 Å². The van der Waals surface area contributed by atoms with Crippen molar-refractivity contribution in [2.45, 2.75) is 6.42 Å². The smallest absolute Gasteiger partial charge is 0.137 e. The molecule has 24 heavy (non-hydrogen) atoms. The highest BCUT2D eigenvalue weighted by Gasteiger charge is 2.13. The second kappa shape index (κ2) is 6.30. The minimum Gasteiger partial charge on any atom is -0.330 e. The fourth-order valence-electron chi connectivity index (χ4n) is 3.10. The van der Waals surface area contributed by atoms with Gasteiger partial charge in [0.25, 0.3) is 0 Å². The number of fused-ring (bicyclic) bond motifs is 1. The normalized spacial score (nSPS) is 11.0. The molecule has 0 amide bonds. The van der Waals surface area contributed by atoms with Gasteiger partial charge < -0.3 is 10.1 Å². The molecule has 0 unspecified atom stereocenters. The summed E-state index contributed by atoms with van der Waals surface area (Å²) in [6.07, 6.45) is 2.86. The largest absolute Gasteiger partial charge is 0.330 e. The lowest BCUT2D eigenvalue weighted by Gasteiger charge is -2.06. The Balaban J connectivity index is 1.79. The lowest BCUT2D eigenvalue weighted by molar-refractivity contribution is 0.907. The maximum Gasteiger partial charge on any atom is 0.137 e. The summed E-state index contributed by atoms with van der Waals surface area (Å²) < 4.78 is 2.13. The van der Waals surface area contributed by atoms with Crippen LogP contribution in [0.25, 0.3) is 28.0 Å². The SMILES string of the molecule is NCCc1c(-c2ccc(-c3ccccc3)cc2)nc2ccccn12. The zero-order valence-electron chi connectivity index (χ0n) is 13.4. The standard InChI is InChI=1S/C21H19N3/c22-14-13-19-21(23-20-8-4-5-15-24(19)20)18-11-9-17(10-12-18)16-6-2-1-3-7-16/h1-12,15H,13-14,22H2. The Morgan fingerprint density at radius 3 is 2.17 bits per heavy atom. The molecule has 3 nitrogen and oxygen atoms in total. The Bertz CT molecular complexity index is 953. The molecular weight excluding hydrogens is 294 g/mol. The maximum atomic E-state index is 5.82. The van der Waals surface area contributed by atoms with Crippen LogP contribution in [0.1, 0.15) is 5.69 Å². The van der Waals surface area contributed by atoms with E-state index in [1.54, 1.807) is 0 Å². The van der Waals surface area contributed by atoms with E-state index in [2.05, 4.69) is 59.1 Å². The first kappa shape index (κ1) is 14.7. The number of aromatic nitrogens is 2. The molecule has 0 fully saturated rings. The van der Waals surface area contributed by atoms with Crippen molar-refractivity contribution in [3.05, 3.63) is 84.7 Å². The molecule has 0 aliphatic heterocycles. The molecule has 0 spiro atoms. The Morgan fingerprint density at radius 1 is 0.750 bits per heavy atom. The van der Waals surface area contributed by atoms with Crippen molar-refractivity contribution in [2.75, 3.05) is 6.54 Å². The van der Waals surface area contributed by atoms with Crippen LogP contribution >= 0.6 is 0 Å². The molecule has 0 saturated carbocycles. The van der Waals surface area contributed by atoms with E-state index in [9.17, 15) is 0 Å². The molecule has 4 aromatic rings. The van der Waals surface area contributed by atoms with Crippen LogP contribution in [0.4, 0.5) is 0 Å². The first-order valence-electron chi connectivity index (χ1n) is 8.19. The van der Waals surface area contributed by atoms with Gasteiger partial charge in [-0.05, 0) is 29.8 Å². The van der Waals surface area contributed by atoms with E-state index in [0.29, 0.717) is 6.54 Å². The van der Waals surface area contributed by atoms with Crippen LogP contribution in [0.3, 0.4) is 0 Å². The van der Waals surface area contributed by atoms with Crippen LogP contribution in [-0.2, 0) is 6.42 Å². The summed E-state index contributed by atoms with van der Waals surface area (Å²) in [4.78, 5) is 4.81. The highest BCUT2D eigenvalue weighted by atomic mass is 15.0. The quantitative estimate of drug-likeness (QED) is 0.614. The van der Waals surface area contributed by atoms with Gasteiger partial charge in [0.15, 0.2) is 0 Å². The molecule has 2 heterocycles. The minimum atomic E-state index is 0.609. The predicted octanol–water partition coefficient (Wildman–Crippen LogP) is 4.17. The van der Waals surface area contributed by atoms with Gasteiger partial charge in [0.05, 0.1) is 11.4 Å². The third-order valence-electron chi connectivity index (χ3n) is 4.28. The van der Waals surface area contributed by atoms with Gasteiger partial charge in [-0.25, -0.2) is 4.98 Å². The molecular formula is C21H19N3. The molecule has 0 aliphatic carbocycles. The molecule has 2 N–H and O–H groups in total. The second-order valence-electron chi connectivity index (χ2n) is 5.82. The fraction of sp³-hybridized carbons (Fsp3) is 0.0952. The first-order valence-corrected chi connectivity index (χ1v) is 8.19. The third kappa shape index (κ3) is 2.59. The molecule has 0 atom stereocenters. The zero-order valence-corrected chi connectivity index (χ0v) is 13.4. The van der Waals surface area contributed by atoms with Crippen molar-refractivity contribution in [1.82, 2.24) is 9.38 Å². The van der Waals surface area contributed by atoms with E-state index in [1.807, 2.05) is 24.3 Å². The number of hydrogen-bond donors (Lipinski definition) is 1. The molecule has 118 valence electrons. The van der Waals surface area contributed by atoms with E-state index < -0.39 is 0 Å². The van der Waals surface area contributed by atoms with Gasteiger partial charge in [-0.2, -0.15) is 0 Å². The van der Waals surface area contributed by atoms with E-state index in [1.165, 1.54) is 16.8 Å². The summed E-state index contributed by atoms with van der Waals surface area (Å²) in [5.74, 6) is 0. The molecule has 0 saturated heterocycles. The van der Waals surface area contributed by atoms with Crippen LogP contribution in [0.2, 0.25) is 0 Å². The number of imidazole rings is 1. The molecule has 3 heteroatoms. The number of nitrogens with two attached hydrogens (primary N) is 1. The van der Waals surface area contributed by atoms with Crippen molar-refractivity contribution in [2.24, 2.45) is 5.73 Å². The number of pyridine rings is 1. The highest BCUT2D eigenvalue weighted by Crippen LogP contribution is 2.27. The summed E-state index contributed by atoms with van der Waals surface area (Å²) >= 11 is 0. The summed E-state index contributed by atoms with van der Waals surface area (Å²) in [7, 11) is 0. The Morgan fingerprint density at radius 2 is 1.42 bits per heavy atom. The van der Waals surface area contributed by atoms with Gasteiger partial charge >= 0.3 is 0 Å². The molecule has 2 aromatic carbocycles. The van der Waals surface area contributed by atoms with Gasteiger partial charge in [-0.1, -0.05) is 60.7 Å². The van der Waals surface area contributed by atoms with Crippen molar-refractivity contribution in [1.29, 1.82) is 0 Å². The fourth-order valence-corrected chi connectivity index (χ4v) is 3.10. The van der Waals surface area contributed by atoms with E-state index >= 15 is 0 Å². The van der Waals surface area contributed by atoms with Gasteiger partial charge in [0.2, 0.25) is 0 Å². The number of nitrogens with zero attached hydrogens (tertiary/aromatic N) is 2. The summed E-state index contributed by atoms with van der Waals surface area (Å²) in [5, 5.41) is 0. The predicted molar refractivity (Wildman–Crippen MR) is 98.8 cm³/mol. The van der Waals surface area contributed by atoms with Crippen molar-refractivity contribution < 1.29 is 0 Å².